The molecule has 0 fully saturated rings. The second-order valence-electron chi connectivity index (χ2n) is 5.73. The fraction of sp³-hybridized carbons (Fsp3) is 0.150. The minimum Gasteiger partial charge on any atom is -0.490 e. The molecule has 0 unspecified atom stereocenters. The number of rotatable bonds is 7. The number of para-hydroxylation sites is 2. The fourth-order valence-corrected chi connectivity index (χ4v) is 2.52. The molecule has 0 saturated heterocycles. The Bertz CT molecular complexity index is 1010. The number of benzene rings is 2. The first-order valence-electron chi connectivity index (χ1n) is 8.61. The Kier molecular flexibility index (Phi) is 5.77. The molecule has 1 heterocycles. The maximum Gasteiger partial charge on any atom is 0.262 e. The van der Waals surface area contributed by atoms with Gasteiger partial charge in [0.1, 0.15) is 17.5 Å². The minimum absolute atomic E-state index is 0.149. The molecule has 0 aliphatic carbocycles. The maximum atomic E-state index is 12.2. The van der Waals surface area contributed by atoms with E-state index in [-0.39, 0.29) is 18.3 Å². The van der Waals surface area contributed by atoms with Crippen molar-refractivity contribution in [2.75, 3.05) is 24.3 Å². The highest BCUT2D eigenvalue weighted by atomic mass is 16.5. The molecular weight excluding hydrogens is 358 g/mol. The van der Waals surface area contributed by atoms with Crippen molar-refractivity contribution in [2.24, 2.45) is 0 Å². The zero-order valence-corrected chi connectivity index (χ0v) is 15.3. The first-order valence-corrected chi connectivity index (χ1v) is 8.61. The number of anilines is 2. The van der Waals surface area contributed by atoms with Gasteiger partial charge in [-0.1, -0.05) is 12.1 Å². The predicted molar refractivity (Wildman–Crippen MR) is 104 cm³/mol. The number of aromatic nitrogens is 2. The van der Waals surface area contributed by atoms with Crippen LogP contribution in [0.4, 0.5) is 11.5 Å². The van der Waals surface area contributed by atoms with Gasteiger partial charge in [-0.15, -0.1) is 0 Å². The van der Waals surface area contributed by atoms with Crippen LogP contribution >= 0.6 is 0 Å². The molecule has 0 radical (unpaired) electrons. The van der Waals surface area contributed by atoms with Gasteiger partial charge in [0.25, 0.3) is 5.91 Å². The summed E-state index contributed by atoms with van der Waals surface area (Å²) < 4.78 is 12.5. The average Bonchev–Trinajstić information content (AvgIpc) is 3.08. The molecule has 8 heteroatoms. The molecule has 0 saturated carbocycles. The summed E-state index contributed by atoms with van der Waals surface area (Å²) in [6, 6.07) is 16.1. The zero-order chi connectivity index (χ0) is 19.9. The van der Waals surface area contributed by atoms with Crippen molar-refractivity contribution in [1.82, 2.24) is 9.78 Å². The number of hydrogen-bond acceptors (Lipinski definition) is 6. The second-order valence-corrected chi connectivity index (χ2v) is 5.73. The molecule has 0 bridgehead atoms. The average molecular weight is 377 g/mol. The molecule has 0 atom stereocenters. The molecule has 0 spiro atoms. The van der Waals surface area contributed by atoms with Crippen LogP contribution in [-0.4, -0.2) is 28.9 Å². The molecule has 142 valence electrons. The summed E-state index contributed by atoms with van der Waals surface area (Å²) in [6.07, 6.45) is 1.41. The predicted octanol–water partition coefficient (Wildman–Crippen LogP) is 2.74. The van der Waals surface area contributed by atoms with Crippen molar-refractivity contribution in [3.63, 3.8) is 0 Å². The highest BCUT2D eigenvalue weighted by molar-refractivity contribution is 5.92. The number of amides is 1. The number of nitriles is 1. The number of carbonyl (C=O) groups excluding carboxylic acids is 1. The van der Waals surface area contributed by atoms with Gasteiger partial charge in [0.2, 0.25) is 0 Å². The standard InChI is InChI=1S/C20H19N5O3/c1-2-27-17-5-3-4-6-18(17)28-13-19(26)24-15-7-9-16(10-8-15)25-20(22)14(11-21)12-23-25/h3-10,12H,2,13,22H2,1H3,(H,24,26). The van der Waals surface area contributed by atoms with Gasteiger partial charge in [-0.3, -0.25) is 4.79 Å². The van der Waals surface area contributed by atoms with Crippen molar-refractivity contribution in [1.29, 1.82) is 5.26 Å². The van der Waals surface area contributed by atoms with Crippen molar-refractivity contribution in [2.45, 2.75) is 6.92 Å². The molecule has 28 heavy (non-hydrogen) atoms. The smallest absolute Gasteiger partial charge is 0.262 e. The van der Waals surface area contributed by atoms with Gasteiger partial charge in [0, 0.05) is 5.69 Å². The molecule has 0 aliphatic rings. The summed E-state index contributed by atoms with van der Waals surface area (Å²) in [5, 5.41) is 15.8. The lowest BCUT2D eigenvalue weighted by molar-refractivity contribution is -0.118. The summed E-state index contributed by atoms with van der Waals surface area (Å²) in [5.41, 5.74) is 7.46. The molecule has 3 rings (SSSR count). The van der Waals surface area contributed by atoms with Crippen molar-refractivity contribution in [3.8, 4) is 23.3 Å². The summed E-state index contributed by atoms with van der Waals surface area (Å²) in [5.74, 6) is 1.07. The Morgan fingerprint density at radius 1 is 1.18 bits per heavy atom. The van der Waals surface area contributed by atoms with Crippen LogP contribution in [-0.2, 0) is 4.79 Å². The Labute approximate surface area is 162 Å². The van der Waals surface area contributed by atoms with E-state index in [0.717, 1.165) is 0 Å². The SMILES string of the molecule is CCOc1ccccc1OCC(=O)Nc1ccc(-n2ncc(C#N)c2N)cc1. The lowest BCUT2D eigenvalue weighted by Crippen LogP contribution is -2.20. The molecule has 3 aromatic rings. The van der Waals surface area contributed by atoms with Crippen molar-refractivity contribution in [3.05, 3.63) is 60.3 Å². The zero-order valence-electron chi connectivity index (χ0n) is 15.3. The topological polar surface area (TPSA) is 115 Å². The van der Waals surface area contributed by atoms with Crippen LogP contribution in [0.15, 0.2) is 54.7 Å². The van der Waals surface area contributed by atoms with Gasteiger partial charge >= 0.3 is 0 Å². The normalized spacial score (nSPS) is 10.1. The lowest BCUT2D eigenvalue weighted by Gasteiger charge is -2.12. The van der Waals surface area contributed by atoms with Gasteiger partial charge in [0.05, 0.1) is 18.5 Å². The van der Waals surface area contributed by atoms with E-state index in [4.69, 9.17) is 20.5 Å². The first-order chi connectivity index (χ1) is 13.6. The highest BCUT2D eigenvalue weighted by Gasteiger charge is 2.10. The van der Waals surface area contributed by atoms with E-state index in [1.165, 1.54) is 10.9 Å². The van der Waals surface area contributed by atoms with Crippen LogP contribution in [0, 0.1) is 11.3 Å². The third-order valence-electron chi connectivity index (χ3n) is 3.83. The minimum atomic E-state index is -0.301. The molecule has 3 N–H and O–H groups in total. The number of carbonyl (C=O) groups is 1. The highest BCUT2D eigenvalue weighted by Crippen LogP contribution is 2.26. The number of nitrogens with two attached hydrogens (primary N) is 1. The monoisotopic (exact) mass is 377 g/mol. The first kappa shape index (κ1) is 18.8. The molecule has 0 aliphatic heterocycles. The van der Waals surface area contributed by atoms with E-state index in [1.54, 1.807) is 36.4 Å². The largest absolute Gasteiger partial charge is 0.490 e. The van der Waals surface area contributed by atoms with Crippen LogP contribution < -0.4 is 20.5 Å². The van der Waals surface area contributed by atoms with Crippen molar-refractivity contribution >= 4 is 17.4 Å². The Morgan fingerprint density at radius 2 is 1.86 bits per heavy atom. The molecule has 1 amide bonds. The van der Waals surface area contributed by atoms with Crippen LogP contribution in [0.1, 0.15) is 12.5 Å². The van der Waals surface area contributed by atoms with Crippen LogP contribution in [0.25, 0.3) is 5.69 Å². The molecular formula is C20H19N5O3. The van der Waals surface area contributed by atoms with Gasteiger partial charge < -0.3 is 20.5 Å². The number of ether oxygens (including phenoxy) is 2. The fourth-order valence-electron chi connectivity index (χ4n) is 2.52. The Hall–Kier alpha value is -3.99. The van der Waals surface area contributed by atoms with Gasteiger partial charge in [-0.05, 0) is 43.3 Å². The number of nitrogens with zero attached hydrogens (tertiary/aromatic N) is 3. The van der Waals surface area contributed by atoms with Gasteiger partial charge in [-0.2, -0.15) is 10.4 Å². The Morgan fingerprint density at radius 3 is 2.46 bits per heavy atom. The number of hydrogen-bond donors (Lipinski definition) is 2. The van der Waals surface area contributed by atoms with Gasteiger partial charge in [0.15, 0.2) is 18.1 Å². The third-order valence-corrected chi connectivity index (χ3v) is 3.83. The van der Waals surface area contributed by atoms with E-state index in [0.29, 0.717) is 35.0 Å². The quantitative estimate of drug-likeness (QED) is 0.654. The van der Waals surface area contributed by atoms with E-state index >= 15 is 0 Å². The van der Waals surface area contributed by atoms with Crippen LogP contribution in [0.2, 0.25) is 0 Å². The Balaban J connectivity index is 1.60. The molecule has 2 aromatic carbocycles. The third kappa shape index (κ3) is 4.22. The van der Waals surface area contributed by atoms with Crippen LogP contribution in [0.5, 0.6) is 11.5 Å². The molecule has 8 nitrogen and oxygen atoms in total. The summed E-state index contributed by atoms with van der Waals surface area (Å²) in [7, 11) is 0. The van der Waals surface area contributed by atoms with E-state index in [1.807, 2.05) is 25.1 Å². The van der Waals surface area contributed by atoms with Crippen molar-refractivity contribution < 1.29 is 14.3 Å². The summed E-state index contributed by atoms with van der Waals surface area (Å²) in [6.45, 7) is 2.24. The van der Waals surface area contributed by atoms with Crippen LogP contribution in [0.3, 0.4) is 0 Å². The van der Waals surface area contributed by atoms with Gasteiger partial charge in [-0.25, -0.2) is 4.68 Å². The second kappa shape index (κ2) is 8.60. The number of nitrogen functional groups attached to an aromatic ring is 1. The van der Waals surface area contributed by atoms with E-state index in [2.05, 4.69) is 10.4 Å². The van der Waals surface area contributed by atoms with E-state index < -0.39 is 0 Å². The summed E-state index contributed by atoms with van der Waals surface area (Å²) in [4.78, 5) is 12.2. The number of nitrogens with one attached hydrogen (secondary N) is 1. The van der Waals surface area contributed by atoms with E-state index in [9.17, 15) is 4.79 Å². The summed E-state index contributed by atoms with van der Waals surface area (Å²) >= 11 is 0. The maximum absolute atomic E-state index is 12.2. The molecule has 1 aromatic heterocycles. The lowest BCUT2D eigenvalue weighted by atomic mass is 10.2.